The Hall–Kier alpha value is -2.18. The molecule has 120 valence electrons. The van der Waals surface area contributed by atoms with Gasteiger partial charge >= 0.3 is 5.97 Å². The van der Waals surface area contributed by atoms with Crippen molar-refractivity contribution >= 4 is 16.0 Å². The summed E-state index contributed by atoms with van der Waals surface area (Å²) in [4.78, 5) is 11.8. The molecular weight excluding hydrogens is 314 g/mol. The van der Waals surface area contributed by atoms with E-state index in [2.05, 4.69) is 0 Å². The third-order valence-electron chi connectivity index (χ3n) is 4.13. The number of aryl methyl sites for hydroxylation is 1. The van der Waals surface area contributed by atoms with Crippen LogP contribution in [0.15, 0.2) is 59.5 Å². The molecule has 0 saturated carbocycles. The van der Waals surface area contributed by atoms with Crippen molar-refractivity contribution in [1.29, 1.82) is 0 Å². The number of carboxylic acid groups (broad SMARTS) is 1. The fourth-order valence-electron chi connectivity index (χ4n) is 2.68. The van der Waals surface area contributed by atoms with Crippen molar-refractivity contribution in [3.05, 3.63) is 65.7 Å². The minimum Gasteiger partial charge on any atom is -0.480 e. The van der Waals surface area contributed by atoms with Crippen LogP contribution in [0.1, 0.15) is 11.1 Å². The lowest BCUT2D eigenvalue weighted by atomic mass is 10.00. The summed E-state index contributed by atoms with van der Waals surface area (Å²) in [5.41, 5.74) is 0.366. The van der Waals surface area contributed by atoms with E-state index in [1.54, 1.807) is 24.3 Å². The molecule has 23 heavy (non-hydrogen) atoms. The Balaban J connectivity index is 1.92. The summed E-state index contributed by atoms with van der Waals surface area (Å²) in [6.07, 6.45) is 0.161. The Kier molecular flexibility index (Phi) is 3.74. The van der Waals surface area contributed by atoms with Gasteiger partial charge in [0.25, 0.3) is 0 Å². The highest BCUT2D eigenvalue weighted by molar-refractivity contribution is 7.89. The number of benzene rings is 2. The van der Waals surface area contributed by atoms with Gasteiger partial charge in [-0.2, -0.15) is 4.31 Å². The number of carbonyl (C=O) groups is 1. The lowest BCUT2D eigenvalue weighted by Crippen LogP contribution is -2.34. The second-order valence-electron chi connectivity index (χ2n) is 5.82. The average Bonchev–Trinajstić information content (AvgIpc) is 3.25. The summed E-state index contributed by atoms with van der Waals surface area (Å²) in [6.45, 7) is 1.86. The van der Waals surface area contributed by atoms with Gasteiger partial charge in [-0.3, -0.25) is 4.79 Å². The van der Waals surface area contributed by atoms with E-state index in [4.69, 9.17) is 0 Å². The van der Waals surface area contributed by atoms with Gasteiger partial charge in [0.1, 0.15) is 0 Å². The van der Waals surface area contributed by atoms with Crippen LogP contribution < -0.4 is 0 Å². The van der Waals surface area contributed by atoms with Crippen LogP contribution in [0, 0.1) is 6.92 Å². The number of carboxylic acids is 1. The van der Waals surface area contributed by atoms with Gasteiger partial charge < -0.3 is 5.11 Å². The summed E-state index contributed by atoms with van der Waals surface area (Å²) in [5.74, 6) is -1.11. The van der Waals surface area contributed by atoms with E-state index in [9.17, 15) is 18.3 Å². The van der Waals surface area contributed by atoms with E-state index in [-0.39, 0.29) is 17.9 Å². The van der Waals surface area contributed by atoms with Crippen LogP contribution in [-0.2, 0) is 21.2 Å². The summed E-state index contributed by atoms with van der Waals surface area (Å²) in [6, 6.07) is 15.5. The maximum absolute atomic E-state index is 12.7. The predicted molar refractivity (Wildman–Crippen MR) is 85.6 cm³/mol. The fraction of sp³-hybridized carbons (Fsp3) is 0.235. The standard InChI is InChI=1S/C17H17NO4S/c1-13-7-9-15(10-8-13)23(21,22)18-12-17(18,16(19)20)11-14-5-3-2-4-6-14/h2-10H,11-12H2,1H3,(H,19,20)/t17-,18?/m0/s1. The zero-order chi connectivity index (χ0) is 16.7. The molecule has 2 aromatic rings. The number of hydrogen-bond donors (Lipinski definition) is 1. The molecule has 1 aliphatic heterocycles. The molecule has 1 heterocycles. The molecule has 2 aromatic carbocycles. The monoisotopic (exact) mass is 331 g/mol. The van der Waals surface area contributed by atoms with Crippen molar-refractivity contribution < 1.29 is 18.3 Å². The molecule has 0 radical (unpaired) electrons. The number of hydrogen-bond acceptors (Lipinski definition) is 3. The van der Waals surface area contributed by atoms with E-state index >= 15 is 0 Å². The van der Waals surface area contributed by atoms with Gasteiger partial charge in [0.15, 0.2) is 5.54 Å². The third-order valence-corrected chi connectivity index (χ3v) is 6.05. The molecule has 0 bridgehead atoms. The summed E-state index contributed by atoms with van der Waals surface area (Å²) in [5, 5.41) is 9.58. The number of nitrogens with zero attached hydrogens (tertiary/aromatic N) is 1. The molecule has 2 atom stereocenters. The minimum absolute atomic E-state index is 0.00651. The maximum atomic E-state index is 12.7. The summed E-state index contributed by atoms with van der Waals surface area (Å²) in [7, 11) is -3.80. The van der Waals surface area contributed by atoms with E-state index in [0.717, 1.165) is 15.4 Å². The van der Waals surface area contributed by atoms with Crippen molar-refractivity contribution in [1.82, 2.24) is 4.31 Å². The highest BCUT2D eigenvalue weighted by atomic mass is 32.2. The molecule has 1 saturated heterocycles. The summed E-state index contributed by atoms with van der Waals surface area (Å²) >= 11 is 0. The maximum Gasteiger partial charge on any atom is 0.326 e. The molecule has 5 nitrogen and oxygen atoms in total. The van der Waals surface area contributed by atoms with Gasteiger partial charge in [0.05, 0.1) is 4.90 Å². The molecule has 3 rings (SSSR count). The molecule has 0 aromatic heterocycles. The lowest BCUT2D eigenvalue weighted by Gasteiger charge is -2.14. The number of rotatable bonds is 5. The van der Waals surface area contributed by atoms with Crippen molar-refractivity contribution in [2.75, 3.05) is 6.54 Å². The molecule has 1 fully saturated rings. The van der Waals surface area contributed by atoms with Crippen LogP contribution in [0.2, 0.25) is 0 Å². The van der Waals surface area contributed by atoms with Gasteiger partial charge in [0.2, 0.25) is 10.0 Å². The molecule has 0 aliphatic carbocycles. The first-order valence-electron chi connectivity index (χ1n) is 7.23. The molecular formula is C17H17NO4S. The van der Waals surface area contributed by atoms with Crippen LogP contribution in [-0.4, -0.2) is 35.9 Å². The first-order valence-corrected chi connectivity index (χ1v) is 8.67. The van der Waals surface area contributed by atoms with Crippen LogP contribution >= 0.6 is 0 Å². The van der Waals surface area contributed by atoms with E-state index in [1.165, 1.54) is 12.1 Å². The first-order chi connectivity index (χ1) is 10.9. The highest BCUT2D eigenvalue weighted by Gasteiger charge is 2.64. The van der Waals surface area contributed by atoms with Gasteiger partial charge in [-0.05, 0) is 24.6 Å². The van der Waals surface area contributed by atoms with Crippen molar-refractivity contribution in [2.24, 2.45) is 0 Å². The van der Waals surface area contributed by atoms with Crippen molar-refractivity contribution in [2.45, 2.75) is 23.8 Å². The van der Waals surface area contributed by atoms with Gasteiger partial charge in [-0.1, -0.05) is 48.0 Å². The normalized spacial score (nSPS) is 23.4. The van der Waals surface area contributed by atoms with Gasteiger partial charge in [0, 0.05) is 13.0 Å². The number of sulfonamides is 1. The zero-order valence-electron chi connectivity index (χ0n) is 12.6. The molecule has 0 amide bonds. The molecule has 1 N–H and O–H groups in total. The average molecular weight is 331 g/mol. The Bertz CT molecular complexity index is 831. The Labute approximate surface area is 135 Å². The second-order valence-corrected chi connectivity index (χ2v) is 7.69. The Morgan fingerprint density at radius 2 is 1.74 bits per heavy atom. The van der Waals surface area contributed by atoms with Crippen LogP contribution in [0.25, 0.3) is 0 Å². The summed E-state index contributed by atoms with van der Waals surface area (Å²) < 4.78 is 26.4. The first kappa shape index (κ1) is 15.7. The van der Waals surface area contributed by atoms with Gasteiger partial charge in [-0.25, -0.2) is 8.42 Å². The predicted octanol–water partition coefficient (Wildman–Crippen LogP) is 2.07. The van der Waals surface area contributed by atoms with E-state index in [1.807, 2.05) is 25.1 Å². The Morgan fingerprint density at radius 3 is 2.30 bits per heavy atom. The fourth-order valence-corrected chi connectivity index (χ4v) is 4.40. The molecule has 6 heteroatoms. The minimum atomic E-state index is -3.80. The van der Waals surface area contributed by atoms with E-state index < -0.39 is 21.5 Å². The molecule has 0 spiro atoms. The van der Waals surface area contributed by atoms with Crippen LogP contribution in [0.5, 0.6) is 0 Å². The van der Waals surface area contributed by atoms with E-state index in [0.29, 0.717) is 0 Å². The number of aliphatic carboxylic acids is 1. The third kappa shape index (κ3) is 2.75. The van der Waals surface area contributed by atoms with Crippen molar-refractivity contribution in [3.63, 3.8) is 0 Å². The van der Waals surface area contributed by atoms with Crippen LogP contribution in [0.3, 0.4) is 0 Å². The van der Waals surface area contributed by atoms with Gasteiger partial charge in [-0.15, -0.1) is 0 Å². The molecule has 1 unspecified atom stereocenters. The smallest absolute Gasteiger partial charge is 0.326 e. The second kappa shape index (κ2) is 5.47. The largest absolute Gasteiger partial charge is 0.480 e. The molecule has 1 aliphatic rings. The zero-order valence-corrected chi connectivity index (χ0v) is 13.5. The quantitative estimate of drug-likeness (QED) is 0.851. The Morgan fingerprint density at radius 1 is 1.13 bits per heavy atom. The SMILES string of the molecule is Cc1ccc(S(=O)(=O)N2C[C@@]2(Cc2ccccc2)C(=O)O)cc1. The highest BCUT2D eigenvalue weighted by Crippen LogP contribution is 2.41. The topological polar surface area (TPSA) is 74.5 Å². The van der Waals surface area contributed by atoms with Crippen LogP contribution in [0.4, 0.5) is 0 Å². The lowest BCUT2D eigenvalue weighted by molar-refractivity contribution is -0.140. The van der Waals surface area contributed by atoms with Crippen molar-refractivity contribution in [3.8, 4) is 0 Å².